The van der Waals surface area contributed by atoms with Crippen LogP contribution >= 0.6 is 0 Å². The van der Waals surface area contributed by atoms with Crippen LogP contribution in [0.2, 0.25) is 0 Å². The van der Waals surface area contributed by atoms with E-state index < -0.39 is 11.8 Å². The first kappa shape index (κ1) is 18.1. The van der Waals surface area contributed by atoms with Crippen molar-refractivity contribution in [3.05, 3.63) is 77.1 Å². The molecule has 2 aromatic rings. The molecule has 0 saturated carbocycles. The molecule has 28 heavy (non-hydrogen) atoms. The molecule has 2 heterocycles. The molecule has 0 bridgehead atoms. The van der Waals surface area contributed by atoms with Gasteiger partial charge in [0, 0.05) is 5.56 Å². The smallest absolute Gasteiger partial charge is 0.345 e. The number of esters is 1. The summed E-state index contributed by atoms with van der Waals surface area (Å²) < 4.78 is 15.8. The van der Waals surface area contributed by atoms with Gasteiger partial charge in [0.2, 0.25) is 0 Å². The van der Waals surface area contributed by atoms with E-state index in [1.807, 2.05) is 0 Å². The SMILES string of the molecule is COc1ccc(C2=C(C3=CCOO3)C(=O)OC2(O)c2ccc(OC)cc2)cc1. The number of rotatable bonds is 5. The summed E-state index contributed by atoms with van der Waals surface area (Å²) in [6.07, 6.45) is 1.61. The molecule has 0 radical (unpaired) electrons. The predicted octanol–water partition coefficient (Wildman–Crippen LogP) is 2.71. The average Bonchev–Trinajstić information content (AvgIpc) is 3.34. The summed E-state index contributed by atoms with van der Waals surface area (Å²) >= 11 is 0. The Balaban J connectivity index is 1.90. The minimum Gasteiger partial charge on any atom is -0.497 e. The first-order valence-corrected chi connectivity index (χ1v) is 8.56. The number of carbonyl (C=O) groups excluding carboxylic acids is 1. The van der Waals surface area contributed by atoms with Crippen LogP contribution in [-0.4, -0.2) is 31.9 Å². The summed E-state index contributed by atoms with van der Waals surface area (Å²) in [5, 5.41) is 11.5. The number of ether oxygens (including phenoxy) is 3. The Morgan fingerprint density at radius 3 is 2.11 bits per heavy atom. The molecule has 0 amide bonds. The summed E-state index contributed by atoms with van der Waals surface area (Å²) in [5.41, 5.74) is 1.33. The molecule has 2 aliphatic heterocycles. The summed E-state index contributed by atoms with van der Waals surface area (Å²) in [4.78, 5) is 22.7. The molecule has 0 aromatic heterocycles. The lowest BCUT2D eigenvalue weighted by atomic mass is 9.89. The van der Waals surface area contributed by atoms with Crippen LogP contribution in [0.3, 0.4) is 0 Å². The van der Waals surface area contributed by atoms with Crippen molar-refractivity contribution in [3.63, 3.8) is 0 Å². The first-order valence-electron chi connectivity index (χ1n) is 8.56. The van der Waals surface area contributed by atoms with Crippen LogP contribution in [0.25, 0.3) is 5.57 Å². The van der Waals surface area contributed by atoms with Gasteiger partial charge in [-0.05, 0) is 48.0 Å². The van der Waals surface area contributed by atoms with Gasteiger partial charge in [0.15, 0.2) is 5.76 Å². The zero-order valence-electron chi connectivity index (χ0n) is 15.3. The monoisotopic (exact) mass is 382 g/mol. The Kier molecular flexibility index (Phi) is 4.54. The maximum Gasteiger partial charge on any atom is 0.345 e. The van der Waals surface area contributed by atoms with E-state index in [-0.39, 0.29) is 23.5 Å². The van der Waals surface area contributed by atoms with Crippen molar-refractivity contribution in [1.29, 1.82) is 0 Å². The number of hydrogen-bond acceptors (Lipinski definition) is 7. The standard InChI is InChI=1S/C21H18O7/c1-24-15-7-3-13(4-8-15)19-18(17-11-12-26-28-17)20(22)27-21(19,23)14-5-9-16(25-2)10-6-14/h3-11,23H,12H2,1-2H3. The molecule has 1 unspecified atom stereocenters. The molecule has 0 fully saturated rings. The molecule has 2 aromatic carbocycles. The zero-order chi connectivity index (χ0) is 19.7. The van der Waals surface area contributed by atoms with E-state index in [1.54, 1.807) is 68.8 Å². The third kappa shape index (κ3) is 2.90. The van der Waals surface area contributed by atoms with Crippen LogP contribution in [0.5, 0.6) is 11.5 Å². The number of carbonyl (C=O) groups is 1. The third-order valence-electron chi connectivity index (χ3n) is 4.63. The van der Waals surface area contributed by atoms with Crippen LogP contribution in [0.1, 0.15) is 11.1 Å². The predicted molar refractivity (Wildman–Crippen MR) is 98.0 cm³/mol. The van der Waals surface area contributed by atoms with Crippen LogP contribution in [0.15, 0.2) is 65.9 Å². The fourth-order valence-corrected chi connectivity index (χ4v) is 3.23. The van der Waals surface area contributed by atoms with Gasteiger partial charge in [-0.2, -0.15) is 4.89 Å². The Bertz CT molecular complexity index is 957. The minimum atomic E-state index is -2.00. The normalized spacial score (nSPS) is 21.2. The zero-order valence-corrected chi connectivity index (χ0v) is 15.3. The fraction of sp³-hybridized carbons (Fsp3) is 0.190. The lowest BCUT2D eigenvalue weighted by Gasteiger charge is -2.26. The highest BCUT2D eigenvalue weighted by Crippen LogP contribution is 2.48. The van der Waals surface area contributed by atoms with Gasteiger partial charge in [0.25, 0.3) is 5.79 Å². The van der Waals surface area contributed by atoms with Gasteiger partial charge in [0.1, 0.15) is 23.7 Å². The highest BCUT2D eigenvalue weighted by molar-refractivity contribution is 6.07. The van der Waals surface area contributed by atoms with Crippen molar-refractivity contribution in [2.75, 3.05) is 20.8 Å². The second-order valence-electron chi connectivity index (χ2n) is 6.18. The van der Waals surface area contributed by atoms with Crippen LogP contribution < -0.4 is 9.47 Å². The molecule has 4 rings (SSSR count). The Morgan fingerprint density at radius 2 is 1.57 bits per heavy atom. The molecule has 0 saturated heterocycles. The summed E-state index contributed by atoms with van der Waals surface area (Å²) in [5.74, 6) is -1.24. The van der Waals surface area contributed by atoms with Gasteiger partial charge >= 0.3 is 5.97 Å². The number of methoxy groups -OCH3 is 2. The van der Waals surface area contributed by atoms with Crippen molar-refractivity contribution in [3.8, 4) is 11.5 Å². The Morgan fingerprint density at radius 1 is 0.964 bits per heavy atom. The van der Waals surface area contributed by atoms with E-state index in [4.69, 9.17) is 24.0 Å². The van der Waals surface area contributed by atoms with Crippen molar-refractivity contribution in [1.82, 2.24) is 0 Å². The molecule has 1 atom stereocenters. The topological polar surface area (TPSA) is 83.5 Å². The molecule has 2 aliphatic rings. The quantitative estimate of drug-likeness (QED) is 0.629. The fourth-order valence-electron chi connectivity index (χ4n) is 3.23. The van der Waals surface area contributed by atoms with E-state index in [1.165, 1.54) is 0 Å². The van der Waals surface area contributed by atoms with Gasteiger partial charge in [-0.25, -0.2) is 4.79 Å². The molecule has 7 nitrogen and oxygen atoms in total. The highest BCUT2D eigenvalue weighted by Gasteiger charge is 2.50. The number of cyclic esters (lactones) is 1. The largest absolute Gasteiger partial charge is 0.497 e. The molecule has 0 aliphatic carbocycles. The van der Waals surface area contributed by atoms with Gasteiger partial charge in [-0.1, -0.05) is 12.1 Å². The van der Waals surface area contributed by atoms with E-state index in [9.17, 15) is 9.90 Å². The second kappa shape index (κ2) is 7.03. The van der Waals surface area contributed by atoms with Gasteiger partial charge in [0.05, 0.1) is 19.8 Å². The lowest BCUT2D eigenvalue weighted by Crippen LogP contribution is -2.28. The first-order chi connectivity index (χ1) is 13.6. The van der Waals surface area contributed by atoms with Crippen molar-refractivity contribution in [2.24, 2.45) is 0 Å². The second-order valence-corrected chi connectivity index (χ2v) is 6.18. The van der Waals surface area contributed by atoms with Crippen molar-refractivity contribution >= 4 is 11.5 Å². The van der Waals surface area contributed by atoms with Crippen LogP contribution in [0.4, 0.5) is 0 Å². The molecule has 0 spiro atoms. The van der Waals surface area contributed by atoms with Crippen LogP contribution in [0, 0.1) is 0 Å². The molecular formula is C21H18O7. The lowest BCUT2D eigenvalue weighted by molar-refractivity contribution is -0.231. The average molecular weight is 382 g/mol. The van der Waals surface area contributed by atoms with Crippen molar-refractivity contribution < 1.29 is 33.9 Å². The van der Waals surface area contributed by atoms with Crippen molar-refractivity contribution in [2.45, 2.75) is 5.79 Å². The number of benzene rings is 2. The Labute approximate surface area is 161 Å². The maximum absolute atomic E-state index is 12.7. The van der Waals surface area contributed by atoms with Gasteiger partial charge in [-0.3, -0.25) is 0 Å². The van der Waals surface area contributed by atoms with Crippen LogP contribution in [-0.2, 0) is 25.1 Å². The molecule has 144 valence electrons. The molecule has 1 N–H and O–H groups in total. The third-order valence-corrected chi connectivity index (χ3v) is 4.63. The molecule has 7 heteroatoms. The summed E-state index contributed by atoms with van der Waals surface area (Å²) in [6.45, 7) is 0.197. The van der Waals surface area contributed by atoms with E-state index in [0.29, 0.717) is 22.6 Å². The maximum atomic E-state index is 12.7. The molecular weight excluding hydrogens is 364 g/mol. The summed E-state index contributed by atoms with van der Waals surface area (Å²) in [6, 6.07) is 13.6. The Hall–Kier alpha value is -3.29. The number of hydrogen-bond donors (Lipinski definition) is 1. The summed E-state index contributed by atoms with van der Waals surface area (Å²) in [7, 11) is 3.11. The number of aliphatic hydroxyl groups is 1. The van der Waals surface area contributed by atoms with E-state index in [0.717, 1.165) is 0 Å². The van der Waals surface area contributed by atoms with Gasteiger partial charge in [-0.15, -0.1) is 0 Å². The van der Waals surface area contributed by atoms with E-state index >= 15 is 0 Å². The highest BCUT2D eigenvalue weighted by atomic mass is 17.2. The minimum absolute atomic E-state index is 0.112. The van der Waals surface area contributed by atoms with E-state index in [2.05, 4.69) is 0 Å². The van der Waals surface area contributed by atoms with Gasteiger partial charge < -0.3 is 24.2 Å².